The van der Waals surface area contributed by atoms with Crippen molar-refractivity contribution in [1.82, 2.24) is 10.4 Å². The SMILES string of the molecule is COc1ccc(Cl)cc1C(=O)NN=Cc1c(C)[nH]c2ccccc12. The van der Waals surface area contributed by atoms with Crippen LogP contribution in [0.3, 0.4) is 0 Å². The average molecular weight is 342 g/mol. The van der Waals surface area contributed by atoms with Crippen LogP contribution in [-0.2, 0) is 0 Å². The number of hydrogen-bond acceptors (Lipinski definition) is 3. The van der Waals surface area contributed by atoms with E-state index in [1.807, 2.05) is 31.2 Å². The van der Waals surface area contributed by atoms with Gasteiger partial charge in [0.2, 0.25) is 0 Å². The Labute approximate surface area is 144 Å². The molecule has 0 aliphatic heterocycles. The molecule has 1 aromatic heterocycles. The number of aryl methyl sites for hydroxylation is 1. The van der Waals surface area contributed by atoms with E-state index in [4.69, 9.17) is 16.3 Å². The number of nitrogens with zero attached hydrogens (tertiary/aromatic N) is 1. The maximum Gasteiger partial charge on any atom is 0.275 e. The minimum absolute atomic E-state index is 0.331. The summed E-state index contributed by atoms with van der Waals surface area (Å²) in [6.07, 6.45) is 1.63. The molecule has 2 N–H and O–H groups in total. The smallest absolute Gasteiger partial charge is 0.275 e. The van der Waals surface area contributed by atoms with Gasteiger partial charge >= 0.3 is 0 Å². The van der Waals surface area contributed by atoms with Crippen molar-refractivity contribution in [2.45, 2.75) is 6.92 Å². The Balaban J connectivity index is 1.82. The molecular formula is C18H16ClN3O2. The maximum absolute atomic E-state index is 12.3. The van der Waals surface area contributed by atoms with Crippen LogP contribution in [0.25, 0.3) is 10.9 Å². The first-order chi connectivity index (χ1) is 11.6. The minimum Gasteiger partial charge on any atom is -0.496 e. The van der Waals surface area contributed by atoms with Crippen molar-refractivity contribution in [1.29, 1.82) is 0 Å². The van der Waals surface area contributed by atoms with Gasteiger partial charge in [-0.15, -0.1) is 0 Å². The summed E-state index contributed by atoms with van der Waals surface area (Å²) in [6, 6.07) is 12.8. The fourth-order valence-corrected chi connectivity index (χ4v) is 2.71. The number of ether oxygens (including phenoxy) is 1. The lowest BCUT2D eigenvalue weighted by Crippen LogP contribution is -2.18. The first-order valence-corrected chi connectivity index (χ1v) is 7.72. The second-order valence-corrected chi connectivity index (χ2v) is 5.69. The second kappa shape index (κ2) is 6.76. The van der Waals surface area contributed by atoms with E-state index in [2.05, 4.69) is 15.5 Å². The Morgan fingerprint density at radius 2 is 2.08 bits per heavy atom. The standard InChI is InChI=1S/C18H16ClN3O2/c1-11-15(13-5-3-4-6-16(13)21-11)10-20-22-18(23)14-9-12(19)7-8-17(14)24-2/h3-10,21H,1-2H3,(H,22,23). The van der Waals surface area contributed by atoms with Crippen LogP contribution in [0.15, 0.2) is 47.6 Å². The Morgan fingerprint density at radius 3 is 2.88 bits per heavy atom. The maximum atomic E-state index is 12.3. The largest absolute Gasteiger partial charge is 0.496 e. The summed E-state index contributed by atoms with van der Waals surface area (Å²) in [6.45, 7) is 1.96. The van der Waals surface area contributed by atoms with Gasteiger partial charge in [-0.3, -0.25) is 4.79 Å². The van der Waals surface area contributed by atoms with Gasteiger partial charge in [0.15, 0.2) is 0 Å². The molecule has 0 spiro atoms. The number of hydrazone groups is 1. The molecule has 0 fully saturated rings. The van der Waals surface area contributed by atoms with Crippen LogP contribution in [0.2, 0.25) is 5.02 Å². The van der Waals surface area contributed by atoms with Gasteiger partial charge in [0.1, 0.15) is 5.75 Å². The van der Waals surface area contributed by atoms with Crippen molar-refractivity contribution in [2.75, 3.05) is 7.11 Å². The van der Waals surface area contributed by atoms with Crippen LogP contribution in [0.1, 0.15) is 21.6 Å². The number of H-pyrrole nitrogens is 1. The molecule has 0 aliphatic rings. The van der Waals surface area contributed by atoms with Gasteiger partial charge < -0.3 is 9.72 Å². The van der Waals surface area contributed by atoms with Crippen LogP contribution < -0.4 is 10.2 Å². The van der Waals surface area contributed by atoms with Gasteiger partial charge in [0.05, 0.1) is 18.9 Å². The first kappa shape index (κ1) is 16.1. The zero-order valence-corrected chi connectivity index (χ0v) is 14.0. The Kier molecular flexibility index (Phi) is 4.53. The molecule has 3 aromatic rings. The van der Waals surface area contributed by atoms with Gasteiger partial charge in [0, 0.05) is 27.2 Å². The summed E-state index contributed by atoms with van der Waals surface area (Å²) in [4.78, 5) is 15.6. The number of aromatic amines is 1. The molecule has 1 amide bonds. The molecule has 0 bridgehead atoms. The topological polar surface area (TPSA) is 66.5 Å². The number of nitrogens with one attached hydrogen (secondary N) is 2. The lowest BCUT2D eigenvalue weighted by atomic mass is 10.1. The number of rotatable bonds is 4. The molecule has 122 valence electrons. The van der Waals surface area contributed by atoms with Gasteiger partial charge in [-0.2, -0.15) is 5.10 Å². The van der Waals surface area contributed by atoms with Crippen LogP contribution >= 0.6 is 11.6 Å². The molecule has 0 unspecified atom stereocenters. The van der Waals surface area contributed by atoms with E-state index < -0.39 is 0 Å². The Bertz CT molecular complexity index is 931. The normalized spacial score (nSPS) is 11.1. The Hall–Kier alpha value is -2.79. The van der Waals surface area contributed by atoms with Crippen LogP contribution in [0.4, 0.5) is 0 Å². The molecule has 24 heavy (non-hydrogen) atoms. The highest BCUT2D eigenvalue weighted by Crippen LogP contribution is 2.23. The molecule has 3 rings (SSSR count). The lowest BCUT2D eigenvalue weighted by molar-refractivity contribution is 0.0952. The molecule has 5 nitrogen and oxygen atoms in total. The molecule has 1 heterocycles. The third-order valence-electron chi connectivity index (χ3n) is 3.71. The highest BCUT2D eigenvalue weighted by atomic mass is 35.5. The monoisotopic (exact) mass is 341 g/mol. The van der Waals surface area contributed by atoms with E-state index in [-0.39, 0.29) is 5.91 Å². The predicted octanol–water partition coefficient (Wildman–Crippen LogP) is 3.90. The quantitative estimate of drug-likeness (QED) is 0.558. The molecular weight excluding hydrogens is 326 g/mol. The summed E-state index contributed by atoms with van der Waals surface area (Å²) in [7, 11) is 1.50. The molecule has 2 aromatic carbocycles. The number of carbonyl (C=O) groups is 1. The average Bonchev–Trinajstić information content (AvgIpc) is 2.90. The fourth-order valence-electron chi connectivity index (χ4n) is 2.54. The molecule has 0 saturated heterocycles. The number of para-hydroxylation sites is 1. The summed E-state index contributed by atoms with van der Waals surface area (Å²) in [5, 5.41) is 5.57. The summed E-state index contributed by atoms with van der Waals surface area (Å²) in [5.41, 5.74) is 5.78. The van der Waals surface area contributed by atoms with Crippen LogP contribution in [-0.4, -0.2) is 24.2 Å². The van der Waals surface area contributed by atoms with E-state index in [1.165, 1.54) is 7.11 Å². The lowest BCUT2D eigenvalue weighted by Gasteiger charge is -2.07. The highest BCUT2D eigenvalue weighted by molar-refractivity contribution is 6.31. The zero-order valence-electron chi connectivity index (χ0n) is 13.3. The van der Waals surface area contributed by atoms with E-state index in [0.29, 0.717) is 16.3 Å². The number of fused-ring (bicyclic) bond motifs is 1. The highest BCUT2D eigenvalue weighted by Gasteiger charge is 2.12. The number of halogens is 1. The first-order valence-electron chi connectivity index (χ1n) is 7.34. The van der Waals surface area contributed by atoms with Crippen molar-refractivity contribution in [3.8, 4) is 5.75 Å². The third kappa shape index (κ3) is 3.12. The number of aromatic nitrogens is 1. The molecule has 0 saturated carbocycles. The van der Waals surface area contributed by atoms with Gasteiger partial charge in [0.25, 0.3) is 5.91 Å². The number of methoxy groups -OCH3 is 1. The molecule has 0 atom stereocenters. The Morgan fingerprint density at radius 1 is 1.29 bits per heavy atom. The molecule has 6 heteroatoms. The summed E-state index contributed by atoms with van der Waals surface area (Å²) >= 11 is 5.94. The predicted molar refractivity (Wildman–Crippen MR) is 96.1 cm³/mol. The van der Waals surface area contributed by atoms with Crippen molar-refractivity contribution in [3.05, 3.63) is 64.3 Å². The van der Waals surface area contributed by atoms with E-state index in [9.17, 15) is 4.79 Å². The van der Waals surface area contributed by atoms with E-state index >= 15 is 0 Å². The van der Waals surface area contributed by atoms with Crippen molar-refractivity contribution in [3.63, 3.8) is 0 Å². The van der Waals surface area contributed by atoms with Crippen LogP contribution in [0, 0.1) is 6.92 Å². The number of carbonyl (C=O) groups excluding carboxylic acids is 1. The second-order valence-electron chi connectivity index (χ2n) is 5.25. The van der Waals surface area contributed by atoms with Crippen molar-refractivity contribution in [2.24, 2.45) is 5.10 Å². The molecule has 0 radical (unpaired) electrons. The number of benzene rings is 2. The van der Waals surface area contributed by atoms with E-state index in [0.717, 1.165) is 22.2 Å². The van der Waals surface area contributed by atoms with Gasteiger partial charge in [-0.05, 0) is 31.2 Å². The zero-order chi connectivity index (χ0) is 17.1. The van der Waals surface area contributed by atoms with Crippen molar-refractivity contribution < 1.29 is 9.53 Å². The summed E-state index contributed by atoms with van der Waals surface area (Å²) in [5.74, 6) is 0.0541. The van der Waals surface area contributed by atoms with Gasteiger partial charge in [-0.25, -0.2) is 5.43 Å². The third-order valence-corrected chi connectivity index (χ3v) is 3.94. The number of amides is 1. The van der Waals surface area contributed by atoms with Crippen LogP contribution in [0.5, 0.6) is 5.75 Å². The number of hydrogen-bond donors (Lipinski definition) is 2. The summed E-state index contributed by atoms with van der Waals surface area (Å²) < 4.78 is 5.17. The minimum atomic E-state index is -0.386. The van der Waals surface area contributed by atoms with Gasteiger partial charge in [-0.1, -0.05) is 29.8 Å². The fraction of sp³-hybridized carbons (Fsp3) is 0.111. The van der Waals surface area contributed by atoms with E-state index in [1.54, 1.807) is 24.4 Å². The van der Waals surface area contributed by atoms with Crippen molar-refractivity contribution >= 4 is 34.6 Å². The molecule has 0 aliphatic carbocycles.